The molecule has 0 spiro atoms. The van der Waals surface area contributed by atoms with Crippen LogP contribution >= 0.6 is 0 Å². The molecule has 3 rings (SSSR count). The number of unbranched alkanes of at least 4 members (excludes halogenated alkanes) is 1. The van der Waals surface area contributed by atoms with E-state index in [1.165, 1.54) is 69.3 Å². The van der Waals surface area contributed by atoms with Crippen LogP contribution in [0.15, 0.2) is 72.0 Å². The highest BCUT2D eigenvalue weighted by Gasteiger charge is 2.38. The number of ether oxygens (including phenoxy) is 1. The first-order valence-electron chi connectivity index (χ1n) is 22.0. The molecule has 1 heterocycles. The molecule has 1 aliphatic heterocycles. The number of esters is 1. The number of phenols is 2. The Kier molecular flexibility index (Phi) is 21.0. The summed E-state index contributed by atoms with van der Waals surface area (Å²) in [4.78, 5) is 121. The van der Waals surface area contributed by atoms with Gasteiger partial charge in [0.1, 0.15) is 59.6 Å². The minimum Gasteiger partial charge on any atom is -0.508 e. The Hall–Kier alpha value is -7.25. The summed E-state index contributed by atoms with van der Waals surface area (Å²) in [6.45, 7) is 10.8. The van der Waals surface area contributed by atoms with Crippen LogP contribution in [0.5, 0.6) is 11.5 Å². The fourth-order valence-electron chi connectivity index (χ4n) is 6.82. The number of carbonyl (C=O) groups is 9. The number of aliphatic carboxylic acids is 1. The summed E-state index contributed by atoms with van der Waals surface area (Å²) >= 11 is 0. The maximum absolute atomic E-state index is 14.4. The van der Waals surface area contributed by atoms with Crippen LogP contribution < -0.4 is 37.2 Å². The van der Waals surface area contributed by atoms with Gasteiger partial charge in [0.15, 0.2) is 0 Å². The van der Waals surface area contributed by atoms with Crippen LogP contribution in [-0.4, -0.2) is 111 Å². The lowest BCUT2D eigenvalue weighted by Gasteiger charge is -2.30. The summed E-state index contributed by atoms with van der Waals surface area (Å²) in [5.74, 6) is -8.89. The Bertz CT molecular complexity index is 2170. The van der Waals surface area contributed by atoms with Crippen molar-refractivity contribution >= 4 is 53.3 Å². The molecule has 2 aromatic rings. The maximum Gasteiger partial charge on any atom is 0.328 e. The predicted molar refractivity (Wildman–Crippen MR) is 243 cm³/mol. The van der Waals surface area contributed by atoms with Gasteiger partial charge in [-0.25, -0.2) is 4.79 Å². The quantitative estimate of drug-likeness (QED) is 0.0611. The van der Waals surface area contributed by atoms with Crippen molar-refractivity contribution in [3.05, 3.63) is 83.1 Å². The third-order valence-corrected chi connectivity index (χ3v) is 10.6. The van der Waals surface area contributed by atoms with Crippen LogP contribution in [0.4, 0.5) is 0 Å². The number of hydrogen-bond acceptors (Lipinski definition) is 12. The number of aryl methyl sites for hydroxylation is 1. The van der Waals surface area contributed by atoms with Gasteiger partial charge < -0.3 is 57.3 Å². The van der Waals surface area contributed by atoms with Gasteiger partial charge in [0, 0.05) is 18.9 Å². The number of carbonyl (C=O) groups excluding carboxylic acids is 8. The number of allylic oxidation sites excluding steroid dienone is 2. The summed E-state index contributed by atoms with van der Waals surface area (Å²) in [5.41, 5.74) is 1.67. The van der Waals surface area contributed by atoms with E-state index in [1.54, 1.807) is 39.8 Å². The molecule has 0 aliphatic carbocycles. The van der Waals surface area contributed by atoms with Gasteiger partial charge in [-0.05, 0) is 102 Å². The van der Waals surface area contributed by atoms with Gasteiger partial charge in [-0.1, -0.05) is 56.2 Å². The Balaban J connectivity index is 2.06. The topological polar surface area (TPSA) is 308 Å². The number of cyclic esters (lactones) is 1. The van der Waals surface area contributed by atoms with Crippen molar-refractivity contribution in [1.29, 1.82) is 0 Å². The average molecular weight is 934 g/mol. The zero-order valence-electron chi connectivity index (χ0n) is 38.8. The Labute approximate surface area is 389 Å². The van der Waals surface area contributed by atoms with E-state index in [2.05, 4.69) is 37.2 Å². The van der Waals surface area contributed by atoms with Gasteiger partial charge in [-0.2, -0.15) is 0 Å². The van der Waals surface area contributed by atoms with Crippen molar-refractivity contribution in [3.8, 4) is 11.5 Å². The van der Waals surface area contributed by atoms with E-state index in [4.69, 9.17) is 4.74 Å². The molecule has 0 aromatic heterocycles. The predicted octanol–water partition coefficient (Wildman–Crippen LogP) is 1.43. The van der Waals surface area contributed by atoms with E-state index in [9.17, 15) is 58.5 Å². The smallest absolute Gasteiger partial charge is 0.328 e. The number of hydrogen-bond donors (Lipinski definition) is 10. The molecule has 67 heavy (non-hydrogen) atoms. The van der Waals surface area contributed by atoms with Crippen molar-refractivity contribution < 1.29 is 63.2 Å². The molecule has 0 unspecified atom stereocenters. The Morgan fingerprint density at radius 1 is 0.761 bits per heavy atom. The van der Waals surface area contributed by atoms with Gasteiger partial charge in [-0.15, -0.1) is 0 Å². The highest BCUT2D eigenvalue weighted by atomic mass is 16.5. The summed E-state index contributed by atoms with van der Waals surface area (Å²) < 4.78 is 5.80. The Morgan fingerprint density at radius 2 is 1.37 bits per heavy atom. The molecule has 10 N–H and O–H groups in total. The van der Waals surface area contributed by atoms with Gasteiger partial charge in [-0.3, -0.25) is 38.4 Å². The van der Waals surface area contributed by atoms with Gasteiger partial charge in [0.25, 0.3) is 5.91 Å². The van der Waals surface area contributed by atoms with Gasteiger partial charge >= 0.3 is 11.9 Å². The molecule has 7 amide bonds. The van der Waals surface area contributed by atoms with Crippen LogP contribution in [0.2, 0.25) is 0 Å². The SMILES string of the molecule is C/C=C1/NC(=O)[C@H](C)NC(=O)[C@@H](NC(=O)[C@H](Cc2ccc(O)cc2)NC(=O)[C@@H](NC(=O)C=C(C)C)C(C)C)[C@@H](C)OC(=O)[C@H](CCCCc2ccc(O)cc2)NC(=O)[C@@H](CCC(=O)O)NC1=O. The van der Waals surface area contributed by atoms with Crippen LogP contribution in [-0.2, 0) is 60.7 Å². The number of amides is 7. The van der Waals surface area contributed by atoms with E-state index in [1.807, 2.05) is 0 Å². The molecule has 1 saturated heterocycles. The number of carboxylic acids is 1. The van der Waals surface area contributed by atoms with Crippen LogP contribution in [0, 0.1) is 5.92 Å². The summed E-state index contributed by atoms with van der Waals surface area (Å²) in [6.07, 6.45) is 1.14. The first-order valence-corrected chi connectivity index (χ1v) is 22.0. The lowest BCUT2D eigenvalue weighted by Crippen LogP contribution is -2.62. The molecule has 7 atom stereocenters. The summed E-state index contributed by atoms with van der Waals surface area (Å²) in [6, 6.07) is 3.57. The minimum atomic E-state index is -1.77. The van der Waals surface area contributed by atoms with E-state index >= 15 is 0 Å². The fourth-order valence-corrected chi connectivity index (χ4v) is 6.82. The molecule has 2 aromatic carbocycles. The second-order valence-corrected chi connectivity index (χ2v) is 16.9. The van der Waals surface area contributed by atoms with Crippen molar-refractivity contribution in [2.75, 3.05) is 0 Å². The summed E-state index contributed by atoms with van der Waals surface area (Å²) in [7, 11) is 0. The van der Waals surface area contributed by atoms with E-state index in [0.29, 0.717) is 30.4 Å². The number of rotatable bonds is 17. The monoisotopic (exact) mass is 933 g/mol. The third-order valence-electron chi connectivity index (χ3n) is 10.6. The second kappa shape index (κ2) is 26.0. The highest BCUT2D eigenvalue weighted by Crippen LogP contribution is 2.17. The largest absolute Gasteiger partial charge is 0.508 e. The van der Waals surface area contributed by atoms with Crippen molar-refractivity contribution in [2.45, 2.75) is 136 Å². The second-order valence-electron chi connectivity index (χ2n) is 16.9. The van der Waals surface area contributed by atoms with E-state index in [0.717, 1.165) is 5.56 Å². The van der Waals surface area contributed by atoms with Crippen LogP contribution in [0.3, 0.4) is 0 Å². The lowest BCUT2D eigenvalue weighted by molar-refractivity contribution is -0.156. The number of carboxylic acid groups (broad SMARTS) is 1. The van der Waals surface area contributed by atoms with Crippen LogP contribution in [0.25, 0.3) is 0 Å². The molecule has 364 valence electrons. The molecular formula is C47H63N7O13. The highest BCUT2D eigenvalue weighted by molar-refractivity contribution is 6.02. The maximum atomic E-state index is 14.4. The molecular weight excluding hydrogens is 871 g/mol. The molecule has 20 nitrogen and oxygen atoms in total. The standard InChI is InChI=1S/C47H63N7O13/c1-8-33-42(61)50-34(21-22-38(58)59)43(62)51-35(12-10-9-11-29-13-17-31(55)18-14-29)47(66)67-28(7)40(46(65)48-27(6)41(60)49-33)54-44(63)36(24-30-15-19-32(56)20-16-30)52-45(64)39(26(4)5)53-37(57)23-25(2)3/h8,13-20,23,26-28,34-36,39-40,55-56H,9-12,21-22,24H2,1-7H3,(H,48,65)(H,49,60)(H,50,61)(H,51,62)(H,52,64)(H,53,57)(H,54,63)(H,58,59)/b33-8+/t27-,28+,34+,35-,36-,39-,40-/m0/s1. The molecule has 0 saturated carbocycles. The zero-order valence-corrected chi connectivity index (χ0v) is 38.8. The third kappa shape index (κ3) is 17.9. The normalized spacial score (nSPS) is 21.0. The number of nitrogens with one attached hydrogen (secondary N) is 7. The molecule has 1 aliphatic rings. The molecule has 1 fully saturated rings. The summed E-state index contributed by atoms with van der Waals surface area (Å²) in [5, 5.41) is 46.7. The van der Waals surface area contributed by atoms with E-state index in [-0.39, 0.29) is 30.0 Å². The number of benzene rings is 2. The zero-order chi connectivity index (χ0) is 50.0. The van der Waals surface area contributed by atoms with Crippen molar-refractivity contribution in [3.63, 3.8) is 0 Å². The van der Waals surface area contributed by atoms with Gasteiger partial charge in [0.2, 0.25) is 35.4 Å². The first kappa shape index (κ1) is 54.1. The molecule has 20 heteroatoms. The molecule has 0 radical (unpaired) electrons. The van der Waals surface area contributed by atoms with Crippen LogP contribution in [0.1, 0.15) is 91.7 Å². The van der Waals surface area contributed by atoms with Crippen molar-refractivity contribution in [2.24, 2.45) is 5.92 Å². The van der Waals surface area contributed by atoms with Gasteiger partial charge in [0.05, 0.1) is 0 Å². The molecule has 0 bridgehead atoms. The minimum absolute atomic E-state index is 0.0344. The average Bonchev–Trinajstić information content (AvgIpc) is 3.25. The van der Waals surface area contributed by atoms with E-state index < -0.39 is 114 Å². The van der Waals surface area contributed by atoms with Crippen molar-refractivity contribution in [1.82, 2.24) is 37.2 Å². The fraction of sp³-hybridized carbons (Fsp3) is 0.468. The number of phenolic OH excluding ortho intramolecular Hbond substituents is 2. The number of aromatic hydroxyl groups is 2. The lowest BCUT2D eigenvalue weighted by atomic mass is 10.00. The Morgan fingerprint density at radius 3 is 1.94 bits per heavy atom. The first-order chi connectivity index (χ1) is 31.6.